The summed E-state index contributed by atoms with van der Waals surface area (Å²) < 4.78 is 0. The van der Waals surface area contributed by atoms with Gasteiger partial charge in [-0.3, -0.25) is 0 Å². The van der Waals surface area contributed by atoms with Crippen LogP contribution in [0.1, 0.15) is 18.9 Å². The molecule has 3 nitrogen and oxygen atoms in total. The van der Waals surface area contributed by atoms with Gasteiger partial charge in [0.1, 0.15) is 17.4 Å². The van der Waals surface area contributed by atoms with Crippen molar-refractivity contribution in [3.8, 4) is 0 Å². The molecule has 0 fully saturated rings. The summed E-state index contributed by atoms with van der Waals surface area (Å²) in [5.41, 5.74) is 1.37. The lowest BCUT2D eigenvalue weighted by Gasteiger charge is -1.95. The SMILES string of the molecule is C[C@H](O)c1nc2c(Cl)c(Cl)ccc2[nH]1. The van der Waals surface area contributed by atoms with Crippen molar-refractivity contribution in [2.45, 2.75) is 13.0 Å². The van der Waals surface area contributed by atoms with Crippen LogP contribution < -0.4 is 0 Å². The van der Waals surface area contributed by atoms with Crippen LogP contribution in [-0.2, 0) is 0 Å². The monoisotopic (exact) mass is 230 g/mol. The summed E-state index contributed by atoms with van der Waals surface area (Å²) in [6.45, 7) is 1.63. The van der Waals surface area contributed by atoms with E-state index in [1.807, 2.05) is 0 Å². The second kappa shape index (κ2) is 3.42. The number of aliphatic hydroxyl groups is 1. The van der Waals surface area contributed by atoms with Crippen LogP contribution in [0.2, 0.25) is 10.0 Å². The van der Waals surface area contributed by atoms with Gasteiger partial charge in [0.25, 0.3) is 0 Å². The predicted octanol–water partition coefficient (Wildman–Crippen LogP) is 2.92. The van der Waals surface area contributed by atoms with E-state index in [2.05, 4.69) is 9.97 Å². The molecule has 0 spiro atoms. The molecule has 0 saturated carbocycles. The van der Waals surface area contributed by atoms with Gasteiger partial charge in [0.2, 0.25) is 0 Å². The highest BCUT2D eigenvalue weighted by Crippen LogP contribution is 2.29. The smallest absolute Gasteiger partial charge is 0.136 e. The van der Waals surface area contributed by atoms with Crippen molar-refractivity contribution in [2.24, 2.45) is 0 Å². The van der Waals surface area contributed by atoms with Gasteiger partial charge in [-0.2, -0.15) is 0 Å². The molecule has 0 aliphatic carbocycles. The molecule has 0 radical (unpaired) electrons. The maximum absolute atomic E-state index is 9.32. The molecule has 2 N–H and O–H groups in total. The lowest BCUT2D eigenvalue weighted by molar-refractivity contribution is 0.190. The molecule has 1 heterocycles. The minimum Gasteiger partial charge on any atom is -0.385 e. The number of aromatic nitrogens is 2. The normalized spacial score (nSPS) is 13.4. The van der Waals surface area contributed by atoms with Crippen molar-refractivity contribution in [3.05, 3.63) is 28.0 Å². The molecule has 0 unspecified atom stereocenters. The van der Waals surface area contributed by atoms with Crippen LogP contribution in [0.5, 0.6) is 0 Å². The minimum absolute atomic E-state index is 0.410. The fourth-order valence-electron chi connectivity index (χ4n) is 1.23. The van der Waals surface area contributed by atoms with E-state index in [-0.39, 0.29) is 0 Å². The van der Waals surface area contributed by atoms with E-state index in [9.17, 15) is 5.11 Å². The fourth-order valence-corrected chi connectivity index (χ4v) is 1.59. The molecule has 0 saturated heterocycles. The lowest BCUT2D eigenvalue weighted by Crippen LogP contribution is -1.92. The number of aromatic amines is 1. The van der Waals surface area contributed by atoms with Crippen LogP contribution in [0.3, 0.4) is 0 Å². The van der Waals surface area contributed by atoms with E-state index in [0.29, 0.717) is 21.4 Å². The number of benzene rings is 1. The maximum atomic E-state index is 9.32. The lowest BCUT2D eigenvalue weighted by atomic mass is 10.3. The quantitative estimate of drug-likeness (QED) is 0.792. The molecule has 0 aliphatic rings. The van der Waals surface area contributed by atoms with Gasteiger partial charge >= 0.3 is 0 Å². The van der Waals surface area contributed by atoms with Crippen molar-refractivity contribution in [1.29, 1.82) is 0 Å². The fraction of sp³-hybridized carbons (Fsp3) is 0.222. The molecular formula is C9H8Cl2N2O. The van der Waals surface area contributed by atoms with E-state index < -0.39 is 6.10 Å². The predicted molar refractivity (Wildman–Crippen MR) is 56.7 cm³/mol. The van der Waals surface area contributed by atoms with Crippen LogP contribution in [0.25, 0.3) is 11.0 Å². The van der Waals surface area contributed by atoms with Gasteiger partial charge in [-0.15, -0.1) is 0 Å². The summed E-state index contributed by atoms with van der Waals surface area (Å²) in [6.07, 6.45) is -0.641. The number of hydrogen-bond acceptors (Lipinski definition) is 2. The molecule has 2 rings (SSSR count). The standard InChI is InChI=1S/C9H8Cl2N2O/c1-4(14)9-12-6-3-2-5(10)7(11)8(6)13-9/h2-4,14H,1H3,(H,12,13)/t4-/m0/s1. The summed E-state index contributed by atoms with van der Waals surface area (Å²) in [5.74, 6) is 0.490. The third kappa shape index (κ3) is 1.47. The largest absolute Gasteiger partial charge is 0.385 e. The van der Waals surface area contributed by atoms with Crippen molar-refractivity contribution in [2.75, 3.05) is 0 Å². The van der Waals surface area contributed by atoms with Gasteiger partial charge in [-0.05, 0) is 19.1 Å². The number of nitrogens with zero attached hydrogens (tertiary/aromatic N) is 1. The summed E-state index contributed by atoms with van der Waals surface area (Å²) in [4.78, 5) is 7.11. The van der Waals surface area contributed by atoms with Crippen LogP contribution in [0, 0.1) is 0 Å². The number of hydrogen-bond donors (Lipinski definition) is 2. The molecular weight excluding hydrogens is 223 g/mol. The molecule has 74 valence electrons. The average Bonchev–Trinajstić information content (AvgIpc) is 2.56. The first kappa shape index (κ1) is 9.77. The molecule has 0 aliphatic heterocycles. The Labute approximate surface area is 90.7 Å². The summed E-state index contributed by atoms with van der Waals surface area (Å²) in [7, 11) is 0. The van der Waals surface area contributed by atoms with Crippen LogP contribution in [0.15, 0.2) is 12.1 Å². The van der Waals surface area contributed by atoms with Crippen molar-refractivity contribution in [3.63, 3.8) is 0 Å². The van der Waals surface area contributed by atoms with E-state index >= 15 is 0 Å². The molecule has 1 atom stereocenters. The Morgan fingerprint density at radius 3 is 2.79 bits per heavy atom. The van der Waals surface area contributed by atoms with Crippen molar-refractivity contribution < 1.29 is 5.11 Å². The average molecular weight is 231 g/mol. The second-order valence-corrected chi connectivity index (χ2v) is 3.84. The Balaban J connectivity index is 2.71. The zero-order chi connectivity index (χ0) is 10.3. The summed E-state index contributed by atoms with van der Waals surface area (Å²) in [5, 5.41) is 10.2. The van der Waals surface area contributed by atoms with Gasteiger partial charge in [-0.25, -0.2) is 4.98 Å². The Hall–Kier alpha value is -0.770. The van der Waals surface area contributed by atoms with Gasteiger partial charge in [-0.1, -0.05) is 23.2 Å². The number of rotatable bonds is 1. The number of aliphatic hydroxyl groups excluding tert-OH is 1. The molecule has 1 aromatic heterocycles. The molecule has 2 aromatic rings. The zero-order valence-electron chi connectivity index (χ0n) is 7.38. The third-order valence-electron chi connectivity index (χ3n) is 1.96. The highest BCUT2D eigenvalue weighted by molar-refractivity contribution is 6.44. The first-order valence-corrected chi connectivity index (χ1v) is 4.87. The zero-order valence-corrected chi connectivity index (χ0v) is 8.89. The van der Waals surface area contributed by atoms with Gasteiger partial charge in [0.05, 0.1) is 15.6 Å². The Bertz CT molecular complexity index is 479. The van der Waals surface area contributed by atoms with Gasteiger partial charge in [0.15, 0.2) is 0 Å². The molecule has 0 bridgehead atoms. The number of nitrogens with one attached hydrogen (secondary N) is 1. The summed E-state index contributed by atoms with van der Waals surface area (Å²) in [6, 6.07) is 3.47. The van der Waals surface area contributed by atoms with Crippen LogP contribution in [0.4, 0.5) is 0 Å². The highest BCUT2D eigenvalue weighted by Gasteiger charge is 2.11. The second-order valence-electron chi connectivity index (χ2n) is 3.06. The van der Waals surface area contributed by atoms with Crippen molar-refractivity contribution >= 4 is 34.2 Å². The Morgan fingerprint density at radius 1 is 1.43 bits per heavy atom. The van der Waals surface area contributed by atoms with Gasteiger partial charge in [0, 0.05) is 0 Å². The molecule has 0 amide bonds. The first-order chi connectivity index (χ1) is 6.59. The van der Waals surface area contributed by atoms with Crippen molar-refractivity contribution in [1.82, 2.24) is 9.97 Å². The number of fused-ring (bicyclic) bond motifs is 1. The van der Waals surface area contributed by atoms with Crippen LogP contribution in [-0.4, -0.2) is 15.1 Å². The minimum atomic E-state index is -0.641. The maximum Gasteiger partial charge on any atom is 0.136 e. The molecule has 5 heteroatoms. The topological polar surface area (TPSA) is 48.9 Å². The van der Waals surface area contributed by atoms with E-state index in [0.717, 1.165) is 5.52 Å². The third-order valence-corrected chi connectivity index (χ3v) is 2.75. The number of H-pyrrole nitrogens is 1. The Morgan fingerprint density at radius 2 is 2.14 bits per heavy atom. The Kier molecular flexibility index (Phi) is 2.39. The van der Waals surface area contributed by atoms with E-state index in [1.54, 1.807) is 19.1 Å². The molecule has 1 aromatic carbocycles. The molecule has 14 heavy (non-hydrogen) atoms. The van der Waals surface area contributed by atoms with E-state index in [1.165, 1.54) is 0 Å². The van der Waals surface area contributed by atoms with Gasteiger partial charge < -0.3 is 10.1 Å². The number of imidazole rings is 1. The highest BCUT2D eigenvalue weighted by atomic mass is 35.5. The first-order valence-electron chi connectivity index (χ1n) is 4.11. The van der Waals surface area contributed by atoms with Crippen LogP contribution >= 0.6 is 23.2 Å². The number of halogens is 2. The van der Waals surface area contributed by atoms with E-state index in [4.69, 9.17) is 23.2 Å². The summed E-state index contributed by atoms with van der Waals surface area (Å²) >= 11 is 11.8.